The smallest absolute Gasteiger partial charge is 0.308 e. The lowest BCUT2D eigenvalue weighted by Crippen LogP contribution is -2.19. The molecule has 0 saturated carbocycles. The van der Waals surface area contributed by atoms with Gasteiger partial charge in [-0.1, -0.05) is 46.7 Å². The van der Waals surface area contributed by atoms with Gasteiger partial charge in [0.1, 0.15) is 0 Å². The second-order valence-electron chi connectivity index (χ2n) is 4.91. The molecule has 0 saturated heterocycles. The number of carbonyl (C=O) groups is 1. The maximum absolute atomic E-state index is 12.1. The van der Waals surface area contributed by atoms with Gasteiger partial charge in [0.15, 0.2) is 0 Å². The van der Waals surface area contributed by atoms with E-state index in [2.05, 4.69) is 5.32 Å². The number of hydrogen-bond acceptors (Lipinski definition) is 3. The number of halogens is 2. The van der Waals surface area contributed by atoms with Crippen LogP contribution in [0.4, 0.5) is 5.69 Å². The van der Waals surface area contributed by atoms with Gasteiger partial charge in [-0.2, -0.15) is 0 Å². The first-order valence-electron chi connectivity index (χ1n) is 6.88. The highest BCUT2D eigenvalue weighted by Gasteiger charge is 2.10. The Morgan fingerprint density at radius 1 is 1.17 bits per heavy atom. The number of nitrogens with zero attached hydrogens (tertiary/aromatic N) is 1. The molecule has 0 spiro atoms. The molecule has 1 amide bonds. The van der Waals surface area contributed by atoms with Crippen LogP contribution in [0.1, 0.15) is 6.42 Å². The number of anilines is 1. The predicted octanol–water partition coefficient (Wildman–Crippen LogP) is 4.40. The number of fused-ring (bicyclic) bond motifs is 1. The van der Waals surface area contributed by atoms with Crippen molar-refractivity contribution in [2.24, 2.45) is 0 Å². The molecule has 0 aliphatic heterocycles. The first-order chi connectivity index (χ1) is 11.0. The van der Waals surface area contributed by atoms with Crippen molar-refractivity contribution in [2.45, 2.75) is 13.0 Å². The van der Waals surface area contributed by atoms with E-state index in [9.17, 15) is 9.59 Å². The summed E-state index contributed by atoms with van der Waals surface area (Å²) in [6, 6.07) is 12.4. The lowest BCUT2D eigenvalue weighted by Gasteiger charge is -2.08. The highest BCUT2D eigenvalue weighted by atomic mass is 35.5. The summed E-state index contributed by atoms with van der Waals surface area (Å²) in [6.07, 6.45) is 0.170. The van der Waals surface area contributed by atoms with E-state index in [-0.39, 0.29) is 17.2 Å². The predicted molar refractivity (Wildman–Crippen MR) is 95.8 cm³/mol. The van der Waals surface area contributed by atoms with Crippen LogP contribution in [0.25, 0.3) is 10.2 Å². The molecule has 23 heavy (non-hydrogen) atoms. The van der Waals surface area contributed by atoms with E-state index in [0.29, 0.717) is 22.3 Å². The van der Waals surface area contributed by atoms with Gasteiger partial charge in [0.25, 0.3) is 0 Å². The second kappa shape index (κ2) is 6.74. The highest BCUT2D eigenvalue weighted by molar-refractivity contribution is 7.16. The minimum Gasteiger partial charge on any atom is -0.325 e. The summed E-state index contributed by atoms with van der Waals surface area (Å²) in [4.78, 5) is 24.0. The minimum absolute atomic E-state index is 0.0696. The van der Waals surface area contributed by atoms with E-state index in [1.807, 2.05) is 24.3 Å². The maximum Gasteiger partial charge on any atom is 0.308 e. The average Bonchev–Trinajstić information content (AvgIpc) is 2.84. The topological polar surface area (TPSA) is 51.1 Å². The van der Waals surface area contributed by atoms with E-state index in [1.54, 1.807) is 22.8 Å². The minimum atomic E-state index is -0.226. The molecule has 118 valence electrons. The molecule has 0 unspecified atom stereocenters. The number of aryl methyl sites for hydroxylation is 1. The van der Waals surface area contributed by atoms with Crippen molar-refractivity contribution in [3.05, 3.63) is 62.2 Å². The van der Waals surface area contributed by atoms with E-state index in [0.717, 1.165) is 10.2 Å². The Balaban J connectivity index is 1.72. The monoisotopic (exact) mass is 366 g/mol. The van der Waals surface area contributed by atoms with Crippen LogP contribution in [0.5, 0.6) is 0 Å². The third-order valence-electron chi connectivity index (χ3n) is 3.34. The molecule has 0 aliphatic rings. The van der Waals surface area contributed by atoms with Crippen LogP contribution in [0, 0.1) is 0 Å². The summed E-state index contributed by atoms with van der Waals surface area (Å²) in [7, 11) is 0. The van der Waals surface area contributed by atoms with Gasteiger partial charge < -0.3 is 5.32 Å². The summed E-state index contributed by atoms with van der Waals surface area (Å²) in [6.45, 7) is 0.312. The van der Waals surface area contributed by atoms with E-state index < -0.39 is 0 Å². The van der Waals surface area contributed by atoms with Crippen molar-refractivity contribution in [2.75, 3.05) is 5.32 Å². The molecule has 7 heteroatoms. The highest BCUT2D eigenvalue weighted by Crippen LogP contribution is 2.25. The molecule has 2 aromatic carbocycles. The van der Waals surface area contributed by atoms with Crippen molar-refractivity contribution < 1.29 is 4.79 Å². The summed E-state index contributed by atoms with van der Waals surface area (Å²) in [5.41, 5.74) is 1.31. The molecule has 3 aromatic rings. The van der Waals surface area contributed by atoms with Crippen LogP contribution in [0.3, 0.4) is 0 Å². The Kier molecular flexibility index (Phi) is 4.71. The zero-order valence-corrected chi connectivity index (χ0v) is 14.2. The summed E-state index contributed by atoms with van der Waals surface area (Å²) in [5.74, 6) is -0.226. The number of benzene rings is 2. The second-order valence-corrected chi connectivity index (χ2v) is 6.75. The van der Waals surface area contributed by atoms with Crippen molar-refractivity contribution >= 4 is 56.3 Å². The first kappa shape index (κ1) is 16.1. The Morgan fingerprint density at radius 3 is 2.78 bits per heavy atom. The number of rotatable bonds is 4. The Morgan fingerprint density at radius 2 is 1.96 bits per heavy atom. The van der Waals surface area contributed by atoms with Gasteiger partial charge in [0.2, 0.25) is 5.91 Å². The van der Waals surface area contributed by atoms with Gasteiger partial charge in [-0.15, -0.1) is 0 Å². The number of aromatic nitrogens is 1. The largest absolute Gasteiger partial charge is 0.325 e. The first-order valence-corrected chi connectivity index (χ1v) is 8.45. The molecule has 1 aromatic heterocycles. The molecule has 0 atom stereocenters. The Hall–Kier alpha value is -1.82. The van der Waals surface area contributed by atoms with Crippen molar-refractivity contribution in [1.29, 1.82) is 0 Å². The third kappa shape index (κ3) is 3.58. The summed E-state index contributed by atoms with van der Waals surface area (Å²) in [5, 5.41) is 3.62. The molecule has 4 nitrogen and oxygen atoms in total. The molecular weight excluding hydrogens is 355 g/mol. The van der Waals surface area contributed by atoms with Crippen molar-refractivity contribution in [1.82, 2.24) is 4.57 Å². The van der Waals surface area contributed by atoms with E-state index in [1.165, 1.54) is 11.3 Å². The molecule has 1 heterocycles. The molecule has 1 N–H and O–H groups in total. The van der Waals surface area contributed by atoms with Gasteiger partial charge in [-0.25, -0.2) is 0 Å². The number of carbonyl (C=O) groups excluding carboxylic acids is 1. The van der Waals surface area contributed by atoms with E-state index in [4.69, 9.17) is 23.2 Å². The van der Waals surface area contributed by atoms with Gasteiger partial charge >= 0.3 is 4.87 Å². The van der Waals surface area contributed by atoms with E-state index >= 15 is 0 Å². The molecule has 0 fully saturated rings. The number of thiazole rings is 1. The van der Waals surface area contributed by atoms with Gasteiger partial charge in [-0.3, -0.25) is 14.2 Å². The van der Waals surface area contributed by atoms with Crippen molar-refractivity contribution in [3.63, 3.8) is 0 Å². The fraction of sp³-hybridized carbons (Fsp3) is 0.125. The van der Waals surface area contributed by atoms with Crippen LogP contribution in [-0.2, 0) is 11.3 Å². The number of hydrogen-bond donors (Lipinski definition) is 1. The van der Waals surface area contributed by atoms with Gasteiger partial charge in [0.05, 0.1) is 20.9 Å². The summed E-state index contributed by atoms with van der Waals surface area (Å²) < 4.78 is 2.52. The molecule has 0 aliphatic carbocycles. The quantitative estimate of drug-likeness (QED) is 0.743. The van der Waals surface area contributed by atoms with Crippen molar-refractivity contribution in [3.8, 4) is 0 Å². The average molecular weight is 367 g/mol. The number of amides is 1. The van der Waals surface area contributed by atoms with Crippen LogP contribution < -0.4 is 10.2 Å². The SMILES string of the molecule is O=C(CCn1c(=O)sc2ccccc21)Nc1cc(Cl)ccc1Cl. The number of para-hydroxylation sites is 1. The zero-order valence-electron chi connectivity index (χ0n) is 11.9. The zero-order chi connectivity index (χ0) is 16.4. The standard InChI is InChI=1S/C16H12Cl2N2O2S/c17-10-5-6-11(18)12(9-10)19-15(21)7-8-20-13-3-1-2-4-14(13)23-16(20)22/h1-6,9H,7-8H2,(H,19,21). The van der Waals surface area contributed by atoms with Crippen LogP contribution >= 0.6 is 34.5 Å². The van der Waals surface area contributed by atoms with Crippen LogP contribution in [0.15, 0.2) is 47.3 Å². The molecular formula is C16H12Cl2N2O2S. The Labute approximate surface area is 146 Å². The molecule has 3 rings (SSSR count). The fourth-order valence-electron chi connectivity index (χ4n) is 2.25. The lowest BCUT2D eigenvalue weighted by molar-refractivity contribution is -0.116. The maximum atomic E-state index is 12.1. The van der Waals surface area contributed by atoms with Crippen LogP contribution in [-0.4, -0.2) is 10.5 Å². The van der Waals surface area contributed by atoms with Gasteiger partial charge in [0, 0.05) is 18.0 Å². The third-order valence-corrected chi connectivity index (χ3v) is 4.86. The normalized spacial score (nSPS) is 10.9. The lowest BCUT2D eigenvalue weighted by atomic mass is 10.3. The number of nitrogens with one attached hydrogen (secondary N) is 1. The molecule has 0 bridgehead atoms. The van der Waals surface area contributed by atoms with Gasteiger partial charge in [-0.05, 0) is 30.3 Å². The van der Waals surface area contributed by atoms with Crippen LogP contribution in [0.2, 0.25) is 10.0 Å². The fourth-order valence-corrected chi connectivity index (χ4v) is 3.50. The molecule has 0 radical (unpaired) electrons. The Bertz CT molecular complexity index is 933. The summed E-state index contributed by atoms with van der Waals surface area (Å²) >= 11 is 13.1.